The van der Waals surface area contributed by atoms with E-state index in [1.54, 1.807) is 12.1 Å². The largest absolute Gasteiger partial charge is 0.354 e. The number of aryl methyl sites for hydroxylation is 1. The zero-order chi connectivity index (χ0) is 15.4. The quantitative estimate of drug-likeness (QED) is 0.648. The second-order valence-corrected chi connectivity index (χ2v) is 4.74. The summed E-state index contributed by atoms with van der Waals surface area (Å²) in [6.45, 7) is 4.38. The monoisotopic (exact) mass is 307 g/mol. The van der Waals surface area contributed by atoms with E-state index in [-0.39, 0.29) is 11.5 Å². The molecule has 0 bridgehead atoms. The van der Waals surface area contributed by atoms with Crippen molar-refractivity contribution in [2.75, 3.05) is 17.2 Å². The lowest BCUT2D eigenvalue weighted by molar-refractivity contribution is -0.384. The fourth-order valence-corrected chi connectivity index (χ4v) is 1.87. The summed E-state index contributed by atoms with van der Waals surface area (Å²) < 4.78 is 0. The molecule has 0 aliphatic carbocycles. The first-order valence-electron chi connectivity index (χ1n) is 6.29. The van der Waals surface area contributed by atoms with Gasteiger partial charge >= 0.3 is 5.69 Å². The molecule has 2 N–H and O–H groups in total. The maximum absolute atomic E-state index is 11.1. The summed E-state index contributed by atoms with van der Waals surface area (Å²) >= 11 is 5.95. The summed E-state index contributed by atoms with van der Waals surface area (Å²) in [7, 11) is 0. The third-order valence-corrected chi connectivity index (χ3v) is 2.99. The minimum Gasteiger partial charge on any atom is -0.354 e. The molecule has 0 aliphatic rings. The Morgan fingerprint density at radius 1 is 1.43 bits per heavy atom. The van der Waals surface area contributed by atoms with Crippen LogP contribution in [0.1, 0.15) is 12.5 Å². The Morgan fingerprint density at radius 3 is 2.86 bits per heavy atom. The Labute approximate surface area is 126 Å². The van der Waals surface area contributed by atoms with Crippen molar-refractivity contribution in [3.8, 4) is 0 Å². The van der Waals surface area contributed by atoms with Gasteiger partial charge in [0.1, 0.15) is 6.20 Å². The number of rotatable bonds is 5. The van der Waals surface area contributed by atoms with Crippen molar-refractivity contribution in [3.05, 3.63) is 45.1 Å². The molecule has 1 aromatic heterocycles. The SMILES string of the molecule is CCNc1ncc([N+](=O)[O-])c(Nc2cc(Cl)ccc2C)n1. The van der Waals surface area contributed by atoms with Crippen molar-refractivity contribution < 1.29 is 4.92 Å². The minimum atomic E-state index is -0.530. The highest BCUT2D eigenvalue weighted by molar-refractivity contribution is 6.30. The molecule has 1 heterocycles. The van der Waals surface area contributed by atoms with Crippen LogP contribution in [0.4, 0.5) is 23.1 Å². The standard InChI is InChI=1S/C13H14ClN5O2/c1-3-15-13-16-7-11(19(20)21)12(18-13)17-10-6-9(14)5-4-8(10)2/h4-7H,3H2,1-2H3,(H2,15,16,17,18). The molecule has 0 aliphatic heterocycles. The van der Waals surface area contributed by atoms with Gasteiger partial charge in [-0.3, -0.25) is 10.1 Å². The summed E-state index contributed by atoms with van der Waals surface area (Å²) in [6.07, 6.45) is 1.17. The van der Waals surface area contributed by atoms with Gasteiger partial charge in [0.2, 0.25) is 11.8 Å². The smallest absolute Gasteiger partial charge is 0.329 e. The van der Waals surface area contributed by atoms with E-state index in [1.807, 2.05) is 19.9 Å². The molecule has 0 fully saturated rings. The third-order valence-electron chi connectivity index (χ3n) is 2.75. The third kappa shape index (κ3) is 3.57. The molecule has 0 spiro atoms. The maximum atomic E-state index is 11.1. The number of benzene rings is 1. The van der Waals surface area contributed by atoms with Crippen molar-refractivity contribution >= 4 is 34.7 Å². The second-order valence-electron chi connectivity index (χ2n) is 4.30. The zero-order valence-corrected chi connectivity index (χ0v) is 12.3. The number of nitrogens with one attached hydrogen (secondary N) is 2. The highest BCUT2D eigenvalue weighted by Crippen LogP contribution is 2.28. The van der Waals surface area contributed by atoms with Gasteiger partial charge < -0.3 is 10.6 Å². The fraction of sp³-hybridized carbons (Fsp3) is 0.231. The van der Waals surface area contributed by atoms with E-state index >= 15 is 0 Å². The number of hydrogen-bond donors (Lipinski definition) is 2. The van der Waals surface area contributed by atoms with Crippen LogP contribution in [0.15, 0.2) is 24.4 Å². The number of anilines is 3. The first-order valence-corrected chi connectivity index (χ1v) is 6.67. The summed E-state index contributed by atoms with van der Waals surface area (Å²) in [5.74, 6) is 0.446. The number of aromatic nitrogens is 2. The average molecular weight is 308 g/mol. The molecule has 0 saturated carbocycles. The summed E-state index contributed by atoms with van der Waals surface area (Å²) in [5, 5.41) is 17.5. The average Bonchev–Trinajstić information content (AvgIpc) is 2.43. The first-order chi connectivity index (χ1) is 10.0. The van der Waals surface area contributed by atoms with Crippen LogP contribution in [0, 0.1) is 17.0 Å². The van der Waals surface area contributed by atoms with Crippen LogP contribution in [0.25, 0.3) is 0 Å². The predicted octanol–water partition coefficient (Wildman–Crippen LogP) is 3.52. The normalized spacial score (nSPS) is 10.2. The molecule has 0 radical (unpaired) electrons. The van der Waals surface area contributed by atoms with Crippen LogP contribution in [-0.2, 0) is 0 Å². The van der Waals surface area contributed by atoms with E-state index in [1.165, 1.54) is 6.20 Å². The maximum Gasteiger partial charge on any atom is 0.329 e. The molecule has 21 heavy (non-hydrogen) atoms. The van der Waals surface area contributed by atoms with Crippen molar-refractivity contribution in [3.63, 3.8) is 0 Å². The van der Waals surface area contributed by atoms with E-state index in [9.17, 15) is 10.1 Å². The van der Waals surface area contributed by atoms with Crippen LogP contribution < -0.4 is 10.6 Å². The molecule has 0 amide bonds. The molecular weight excluding hydrogens is 294 g/mol. The van der Waals surface area contributed by atoms with E-state index < -0.39 is 4.92 Å². The van der Waals surface area contributed by atoms with E-state index in [2.05, 4.69) is 20.6 Å². The lowest BCUT2D eigenvalue weighted by Gasteiger charge is -2.10. The first kappa shape index (κ1) is 15.0. The van der Waals surface area contributed by atoms with Crippen LogP contribution >= 0.6 is 11.6 Å². The Bertz CT molecular complexity index is 678. The number of hydrogen-bond acceptors (Lipinski definition) is 6. The van der Waals surface area contributed by atoms with Crippen molar-refractivity contribution in [2.24, 2.45) is 0 Å². The topological polar surface area (TPSA) is 93.0 Å². The number of nitrogens with zero attached hydrogens (tertiary/aromatic N) is 3. The van der Waals surface area contributed by atoms with Gasteiger partial charge in [-0.25, -0.2) is 4.98 Å². The Hall–Kier alpha value is -2.41. The fourth-order valence-electron chi connectivity index (χ4n) is 1.70. The summed E-state index contributed by atoms with van der Waals surface area (Å²) in [6, 6.07) is 5.26. The van der Waals surface area contributed by atoms with Crippen LogP contribution in [0.5, 0.6) is 0 Å². The Balaban J connectivity index is 2.43. The van der Waals surface area contributed by atoms with Gasteiger partial charge in [0, 0.05) is 17.3 Å². The van der Waals surface area contributed by atoms with E-state index in [4.69, 9.17) is 11.6 Å². The van der Waals surface area contributed by atoms with Gasteiger partial charge in [0.15, 0.2) is 0 Å². The Kier molecular flexibility index (Phi) is 4.54. The Morgan fingerprint density at radius 2 is 2.19 bits per heavy atom. The summed E-state index contributed by atoms with van der Waals surface area (Å²) in [4.78, 5) is 18.6. The molecule has 7 nitrogen and oxygen atoms in total. The second kappa shape index (κ2) is 6.36. The molecule has 1 aromatic carbocycles. The molecule has 110 valence electrons. The van der Waals surface area contributed by atoms with Crippen molar-refractivity contribution in [1.29, 1.82) is 0 Å². The minimum absolute atomic E-state index is 0.122. The van der Waals surface area contributed by atoms with Crippen molar-refractivity contribution in [2.45, 2.75) is 13.8 Å². The molecule has 0 unspecified atom stereocenters. The molecule has 2 rings (SSSR count). The molecule has 0 atom stereocenters. The van der Waals surface area contributed by atoms with Crippen molar-refractivity contribution in [1.82, 2.24) is 9.97 Å². The zero-order valence-electron chi connectivity index (χ0n) is 11.6. The molecule has 2 aromatic rings. The highest BCUT2D eigenvalue weighted by atomic mass is 35.5. The van der Waals surface area contributed by atoms with Gasteiger partial charge in [-0.1, -0.05) is 17.7 Å². The lowest BCUT2D eigenvalue weighted by Crippen LogP contribution is -2.07. The van der Waals surface area contributed by atoms with Gasteiger partial charge in [0.25, 0.3) is 0 Å². The highest BCUT2D eigenvalue weighted by Gasteiger charge is 2.18. The molecule has 8 heteroatoms. The van der Waals surface area contributed by atoms with Crippen LogP contribution in [0.3, 0.4) is 0 Å². The molecule has 0 saturated heterocycles. The van der Waals surface area contributed by atoms with Crippen LogP contribution in [-0.4, -0.2) is 21.4 Å². The van der Waals surface area contributed by atoms with E-state index in [0.717, 1.165) is 5.56 Å². The number of halogens is 1. The van der Waals surface area contributed by atoms with Gasteiger partial charge in [-0.2, -0.15) is 4.98 Å². The van der Waals surface area contributed by atoms with Gasteiger partial charge in [-0.05, 0) is 31.5 Å². The predicted molar refractivity (Wildman–Crippen MR) is 82.3 cm³/mol. The van der Waals surface area contributed by atoms with E-state index in [0.29, 0.717) is 23.2 Å². The van der Waals surface area contributed by atoms with Crippen LogP contribution in [0.2, 0.25) is 5.02 Å². The van der Waals surface area contributed by atoms with Gasteiger partial charge in [0.05, 0.1) is 4.92 Å². The van der Waals surface area contributed by atoms with Gasteiger partial charge in [-0.15, -0.1) is 0 Å². The lowest BCUT2D eigenvalue weighted by atomic mass is 10.2. The number of nitro groups is 1. The molecular formula is C13H14ClN5O2. The summed E-state index contributed by atoms with van der Waals surface area (Å²) in [5.41, 5.74) is 1.36.